The van der Waals surface area contributed by atoms with E-state index in [1.807, 2.05) is 0 Å². The minimum atomic E-state index is -0.821. The van der Waals surface area contributed by atoms with Gasteiger partial charge in [-0.15, -0.1) is 5.06 Å². The van der Waals surface area contributed by atoms with Gasteiger partial charge in [-0.05, 0) is 98.3 Å². The molecular weight excluding hydrogens is 561 g/mol. The number of alkyl carbamates (subject to hydrolysis) is 1. The number of nitrogens with one attached hydrogen (secondary N) is 2. The van der Waals surface area contributed by atoms with E-state index in [0.29, 0.717) is 47.8 Å². The maximum absolute atomic E-state index is 13.1. The van der Waals surface area contributed by atoms with Crippen LogP contribution in [0.5, 0.6) is 0 Å². The number of nitrogens with zero attached hydrogens (tertiary/aromatic N) is 1. The minimum Gasteiger partial charge on any atom is -0.444 e. The summed E-state index contributed by atoms with van der Waals surface area (Å²) in [6.45, 7) is 10.5. The molecule has 0 spiro atoms. The molecule has 1 aromatic rings. The summed E-state index contributed by atoms with van der Waals surface area (Å²) in [6.07, 6.45) is 1.27. The third-order valence-electron chi connectivity index (χ3n) is 6.49. The van der Waals surface area contributed by atoms with Crippen LogP contribution in [0.25, 0.3) is 0 Å². The molecular formula is C28H39Cl2N3O7. The molecule has 0 aromatic heterocycles. The molecule has 12 heteroatoms. The second kappa shape index (κ2) is 12.9. The van der Waals surface area contributed by atoms with Gasteiger partial charge >= 0.3 is 18.2 Å². The number of carbonyl (C=O) groups is 4. The Hall–Kier alpha value is -2.72. The number of hydrogen-bond acceptors (Lipinski definition) is 7. The lowest BCUT2D eigenvalue weighted by atomic mass is 10.1. The van der Waals surface area contributed by atoms with Crippen molar-refractivity contribution in [2.24, 2.45) is 11.8 Å². The molecule has 2 N–H and O–H groups in total. The summed E-state index contributed by atoms with van der Waals surface area (Å²) in [5.74, 6) is -1.78. The van der Waals surface area contributed by atoms with Crippen LogP contribution in [0.15, 0.2) is 18.2 Å². The molecule has 0 saturated heterocycles. The Bertz CT molecular complexity index is 1100. The van der Waals surface area contributed by atoms with Gasteiger partial charge in [0.2, 0.25) is 5.91 Å². The van der Waals surface area contributed by atoms with Crippen LogP contribution in [0.1, 0.15) is 80.1 Å². The summed E-state index contributed by atoms with van der Waals surface area (Å²) < 4.78 is 10.8. The molecule has 1 aromatic carbocycles. The van der Waals surface area contributed by atoms with Crippen molar-refractivity contribution >= 4 is 53.0 Å². The molecule has 3 amide bonds. The number of carbonyl (C=O) groups excluding carboxylic acids is 4. The van der Waals surface area contributed by atoms with Gasteiger partial charge in [0, 0.05) is 27.7 Å². The van der Waals surface area contributed by atoms with Crippen molar-refractivity contribution in [3.05, 3.63) is 28.2 Å². The Kier molecular flexibility index (Phi) is 10.2. The normalized spacial score (nSPS) is 22.8. The van der Waals surface area contributed by atoms with Gasteiger partial charge in [-0.3, -0.25) is 4.79 Å². The molecule has 2 aliphatic rings. The first-order valence-corrected chi connectivity index (χ1v) is 14.2. The molecule has 0 radical (unpaired) electrons. The van der Waals surface area contributed by atoms with Crippen LogP contribution in [0.2, 0.25) is 10.0 Å². The number of rotatable bonds is 5. The van der Waals surface area contributed by atoms with Gasteiger partial charge in [-0.2, -0.15) is 0 Å². The van der Waals surface area contributed by atoms with Crippen LogP contribution < -0.4 is 10.6 Å². The molecule has 4 atom stereocenters. The van der Waals surface area contributed by atoms with Gasteiger partial charge in [-0.25, -0.2) is 14.4 Å². The number of hydrogen-bond donors (Lipinski definition) is 2. The molecule has 0 aliphatic heterocycles. The van der Waals surface area contributed by atoms with Crippen molar-refractivity contribution in [1.82, 2.24) is 10.4 Å². The van der Waals surface area contributed by atoms with E-state index in [9.17, 15) is 19.2 Å². The lowest BCUT2D eigenvalue weighted by Crippen LogP contribution is -2.45. The van der Waals surface area contributed by atoms with Crippen LogP contribution in [0, 0.1) is 11.8 Å². The highest BCUT2D eigenvalue weighted by atomic mass is 35.5. The average molecular weight is 601 g/mol. The first-order valence-electron chi connectivity index (χ1n) is 13.5. The Morgan fingerprint density at radius 2 is 1.43 bits per heavy atom. The molecule has 40 heavy (non-hydrogen) atoms. The number of hydroxylamine groups is 2. The van der Waals surface area contributed by atoms with E-state index in [1.54, 1.807) is 59.7 Å². The Morgan fingerprint density at radius 3 is 2.02 bits per heavy atom. The third-order valence-corrected chi connectivity index (χ3v) is 6.92. The molecule has 0 heterocycles. The van der Waals surface area contributed by atoms with Crippen LogP contribution in [0.4, 0.5) is 15.3 Å². The highest BCUT2D eigenvalue weighted by Crippen LogP contribution is 2.34. The lowest BCUT2D eigenvalue weighted by Gasteiger charge is -2.30. The van der Waals surface area contributed by atoms with Crippen molar-refractivity contribution in [1.29, 1.82) is 0 Å². The summed E-state index contributed by atoms with van der Waals surface area (Å²) in [7, 11) is 0. The number of amides is 3. The van der Waals surface area contributed by atoms with E-state index in [2.05, 4.69) is 10.6 Å². The van der Waals surface area contributed by atoms with Crippen molar-refractivity contribution in [3.8, 4) is 0 Å². The zero-order valence-electron chi connectivity index (χ0n) is 23.8. The van der Waals surface area contributed by atoms with Gasteiger partial charge in [-0.1, -0.05) is 23.2 Å². The van der Waals surface area contributed by atoms with E-state index in [1.165, 1.54) is 0 Å². The fourth-order valence-electron chi connectivity index (χ4n) is 4.82. The quantitative estimate of drug-likeness (QED) is 0.371. The second-order valence-electron chi connectivity index (χ2n) is 12.4. The molecule has 4 unspecified atom stereocenters. The molecule has 0 bridgehead atoms. The zero-order valence-corrected chi connectivity index (χ0v) is 25.4. The topological polar surface area (TPSA) is 123 Å². The van der Waals surface area contributed by atoms with E-state index in [4.69, 9.17) is 37.5 Å². The van der Waals surface area contributed by atoms with Gasteiger partial charge in [0.15, 0.2) is 0 Å². The highest BCUT2D eigenvalue weighted by molar-refractivity contribution is 6.35. The third kappa shape index (κ3) is 9.73. The van der Waals surface area contributed by atoms with Crippen molar-refractivity contribution in [2.75, 3.05) is 5.32 Å². The van der Waals surface area contributed by atoms with E-state index in [-0.39, 0.29) is 18.4 Å². The van der Waals surface area contributed by atoms with Crippen molar-refractivity contribution < 1.29 is 33.5 Å². The van der Waals surface area contributed by atoms with Crippen molar-refractivity contribution in [3.63, 3.8) is 0 Å². The summed E-state index contributed by atoms with van der Waals surface area (Å²) >= 11 is 12.1. The van der Waals surface area contributed by atoms with Crippen LogP contribution >= 0.6 is 23.2 Å². The number of benzene rings is 1. The highest BCUT2D eigenvalue weighted by Gasteiger charge is 2.41. The predicted molar refractivity (Wildman–Crippen MR) is 151 cm³/mol. The Balaban J connectivity index is 1.63. The molecule has 3 rings (SSSR count). The summed E-state index contributed by atoms with van der Waals surface area (Å²) in [5, 5.41) is 7.38. The van der Waals surface area contributed by atoms with Gasteiger partial charge in [0.1, 0.15) is 11.2 Å². The maximum Gasteiger partial charge on any atom is 0.444 e. The monoisotopic (exact) mass is 599 g/mol. The molecule has 2 aliphatic carbocycles. The summed E-state index contributed by atoms with van der Waals surface area (Å²) in [6, 6.07) is 3.96. The van der Waals surface area contributed by atoms with E-state index >= 15 is 0 Å². The second-order valence-corrected chi connectivity index (χ2v) is 13.3. The zero-order chi connectivity index (χ0) is 29.8. The van der Waals surface area contributed by atoms with E-state index < -0.39 is 47.2 Å². The minimum absolute atomic E-state index is 0.247. The standard InChI is InChI=1S/C28H39Cl2N3O7/c1-27(2,3)38-25(36)32-20-9-7-17(11-20)24(35)40-33(26(37)39-28(4,5)6)22-10-8-16(12-22)23(34)31-21-14-18(29)13-19(30)15-21/h13-17,20,22H,7-12H2,1-6H3,(H,31,34)(H,32,36). The van der Waals surface area contributed by atoms with Crippen LogP contribution in [-0.4, -0.2) is 52.4 Å². The fourth-order valence-corrected chi connectivity index (χ4v) is 5.35. The molecule has 2 saturated carbocycles. The maximum atomic E-state index is 13.1. The summed E-state index contributed by atoms with van der Waals surface area (Å²) in [5.41, 5.74) is -0.984. The first-order chi connectivity index (χ1) is 18.5. The Morgan fingerprint density at radius 1 is 0.825 bits per heavy atom. The number of halogens is 2. The fraction of sp³-hybridized carbons (Fsp3) is 0.643. The first kappa shape index (κ1) is 31.8. The van der Waals surface area contributed by atoms with E-state index in [0.717, 1.165) is 5.06 Å². The average Bonchev–Trinajstić information content (AvgIpc) is 3.44. The SMILES string of the molecule is CC(C)(C)OC(=O)NC1CCC(C(=O)ON(C(=O)OC(C)(C)C)C2CCC(C(=O)Nc3cc(Cl)cc(Cl)c3)C2)C1. The largest absolute Gasteiger partial charge is 0.444 e. The van der Waals surface area contributed by atoms with Crippen LogP contribution in [-0.2, 0) is 23.9 Å². The van der Waals surface area contributed by atoms with Gasteiger partial charge in [0.25, 0.3) is 0 Å². The lowest BCUT2D eigenvalue weighted by molar-refractivity contribution is -0.198. The number of ether oxygens (including phenoxy) is 2. The molecule has 222 valence electrons. The summed E-state index contributed by atoms with van der Waals surface area (Å²) in [4.78, 5) is 57.0. The van der Waals surface area contributed by atoms with Crippen molar-refractivity contribution in [2.45, 2.75) is 103 Å². The smallest absolute Gasteiger partial charge is 0.444 e. The Labute approximate surface area is 245 Å². The van der Waals surface area contributed by atoms with Gasteiger partial charge in [0.05, 0.1) is 12.0 Å². The molecule has 2 fully saturated rings. The van der Waals surface area contributed by atoms with Crippen LogP contribution in [0.3, 0.4) is 0 Å². The molecule has 10 nitrogen and oxygen atoms in total. The van der Waals surface area contributed by atoms with Gasteiger partial charge < -0.3 is 24.9 Å². The predicted octanol–water partition coefficient (Wildman–Crippen LogP) is 6.49. The number of anilines is 1.